The number of alkyl carbamates (subject to hydrolysis) is 1. The fourth-order valence-electron chi connectivity index (χ4n) is 3.58. The molecule has 2 aromatic rings. The van der Waals surface area contributed by atoms with Crippen LogP contribution in [0.3, 0.4) is 0 Å². The van der Waals surface area contributed by atoms with Gasteiger partial charge in [0, 0.05) is 30.0 Å². The van der Waals surface area contributed by atoms with E-state index in [4.69, 9.17) is 4.74 Å². The first-order valence-corrected chi connectivity index (χ1v) is 10.3. The Labute approximate surface area is 173 Å². The number of fused-ring (bicyclic) bond motifs is 1. The van der Waals surface area contributed by atoms with E-state index in [1.807, 2.05) is 31.7 Å². The molecule has 0 unspecified atom stereocenters. The van der Waals surface area contributed by atoms with E-state index >= 15 is 0 Å². The number of carbonyl (C=O) groups is 2. The predicted octanol–water partition coefficient (Wildman–Crippen LogP) is 4.59. The second-order valence-corrected chi connectivity index (χ2v) is 9.95. The van der Waals surface area contributed by atoms with E-state index in [2.05, 4.69) is 49.3 Å². The molecular formula is C23H33N3O3. The molecule has 0 bridgehead atoms. The second kappa shape index (κ2) is 7.73. The highest BCUT2D eigenvalue weighted by Crippen LogP contribution is 2.27. The van der Waals surface area contributed by atoms with Gasteiger partial charge in [-0.15, -0.1) is 0 Å². The molecule has 6 nitrogen and oxygen atoms in total. The number of H-pyrrole nitrogens is 1. The van der Waals surface area contributed by atoms with E-state index < -0.39 is 11.7 Å². The lowest BCUT2D eigenvalue weighted by molar-refractivity contribution is 0.0473. The van der Waals surface area contributed by atoms with Crippen molar-refractivity contribution < 1.29 is 14.3 Å². The zero-order chi connectivity index (χ0) is 21.4. The average molecular weight is 400 g/mol. The number of aromatic amines is 1. The van der Waals surface area contributed by atoms with Crippen molar-refractivity contribution in [3.8, 4) is 0 Å². The second-order valence-electron chi connectivity index (χ2n) is 9.95. The number of aromatic nitrogens is 1. The third-order valence-electron chi connectivity index (χ3n) is 5.22. The average Bonchev–Trinajstić information content (AvgIpc) is 3.02. The van der Waals surface area contributed by atoms with Crippen LogP contribution >= 0.6 is 0 Å². The van der Waals surface area contributed by atoms with Gasteiger partial charge in [-0.25, -0.2) is 4.79 Å². The summed E-state index contributed by atoms with van der Waals surface area (Å²) < 4.78 is 5.32. The van der Waals surface area contributed by atoms with Crippen molar-refractivity contribution in [2.75, 3.05) is 13.1 Å². The van der Waals surface area contributed by atoms with Gasteiger partial charge in [0.05, 0.1) is 0 Å². The van der Waals surface area contributed by atoms with Gasteiger partial charge in [0.2, 0.25) is 0 Å². The van der Waals surface area contributed by atoms with Gasteiger partial charge in [0.25, 0.3) is 5.91 Å². The van der Waals surface area contributed by atoms with Crippen LogP contribution in [0, 0.1) is 0 Å². The van der Waals surface area contributed by atoms with E-state index in [1.165, 1.54) is 5.56 Å². The molecule has 0 atom stereocenters. The van der Waals surface area contributed by atoms with E-state index in [0.717, 1.165) is 23.7 Å². The van der Waals surface area contributed by atoms with E-state index in [9.17, 15) is 9.59 Å². The molecule has 0 aliphatic carbocycles. The molecule has 0 spiro atoms. The Morgan fingerprint density at radius 3 is 2.31 bits per heavy atom. The van der Waals surface area contributed by atoms with Crippen LogP contribution in [0.25, 0.3) is 10.9 Å². The fraction of sp³-hybridized carbons (Fsp3) is 0.565. The maximum Gasteiger partial charge on any atom is 0.407 e. The van der Waals surface area contributed by atoms with Crippen LogP contribution < -0.4 is 5.32 Å². The van der Waals surface area contributed by atoms with Crippen molar-refractivity contribution in [1.29, 1.82) is 0 Å². The monoisotopic (exact) mass is 399 g/mol. The van der Waals surface area contributed by atoms with E-state index in [1.54, 1.807) is 0 Å². The molecule has 1 aliphatic heterocycles. The molecule has 2 heterocycles. The van der Waals surface area contributed by atoms with Crippen molar-refractivity contribution in [2.45, 2.75) is 71.4 Å². The van der Waals surface area contributed by atoms with Crippen LogP contribution in [0.4, 0.5) is 4.79 Å². The van der Waals surface area contributed by atoms with E-state index in [-0.39, 0.29) is 17.4 Å². The molecule has 2 amide bonds. The lowest BCUT2D eigenvalue weighted by Gasteiger charge is -2.32. The number of amides is 2. The molecule has 158 valence electrons. The molecule has 3 rings (SSSR count). The van der Waals surface area contributed by atoms with Gasteiger partial charge in [-0.05, 0) is 56.7 Å². The summed E-state index contributed by atoms with van der Waals surface area (Å²) in [5, 5.41) is 3.95. The summed E-state index contributed by atoms with van der Waals surface area (Å²) in [5.74, 6) is 0.00854. The molecule has 2 N–H and O–H groups in total. The van der Waals surface area contributed by atoms with Gasteiger partial charge < -0.3 is 19.9 Å². The Hall–Kier alpha value is -2.50. The van der Waals surface area contributed by atoms with Gasteiger partial charge >= 0.3 is 6.09 Å². The normalized spacial score (nSPS) is 16.1. The Morgan fingerprint density at radius 1 is 1.07 bits per heavy atom. The number of rotatable bonds is 2. The van der Waals surface area contributed by atoms with Gasteiger partial charge in [-0.1, -0.05) is 32.9 Å². The molecule has 1 aliphatic rings. The first-order valence-electron chi connectivity index (χ1n) is 10.3. The van der Waals surface area contributed by atoms with Crippen molar-refractivity contribution >= 4 is 22.9 Å². The third-order valence-corrected chi connectivity index (χ3v) is 5.22. The smallest absolute Gasteiger partial charge is 0.407 e. The van der Waals surface area contributed by atoms with Crippen LogP contribution in [-0.2, 0) is 10.2 Å². The molecule has 1 saturated heterocycles. The molecule has 1 fully saturated rings. The summed E-state index contributed by atoms with van der Waals surface area (Å²) in [6, 6.07) is 8.28. The summed E-state index contributed by atoms with van der Waals surface area (Å²) in [6.07, 6.45) is 1.05. The highest BCUT2D eigenvalue weighted by Gasteiger charge is 2.27. The quantitative estimate of drug-likeness (QED) is 0.775. The lowest BCUT2D eigenvalue weighted by Crippen LogP contribution is -2.47. The van der Waals surface area contributed by atoms with Crippen molar-refractivity contribution in [3.05, 3.63) is 35.5 Å². The van der Waals surface area contributed by atoms with Crippen LogP contribution in [0.1, 0.15) is 70.4 Å². The molecule has 0 saturated carbocycles. The zero-order valence-electron chi connectivity index (χ0n) is 18.4. The van der Waals surface area contributed by atoms with Gasteiger partial charge in [0.1, 0.15) is 11.3 Å². The molecule has 0 radical (unpaired) electrons. The maximum atomic E-state index is 13.0. The summed E-state index contributed by atoms with van der Waals surface area (Å²) in [4.78, 5) is 30.0. The highest BCUT2D eigenvalue weighted by atomic mass is 16.6. The summed E-state index contributed by atoms with van der Waals surface area (Å²) in [5.41, 5.74) is 2.39. The first-order chi connectivity index (χ1) is 13.4. The molecule has 1 aromatic heterocycles. The number of hydrogen-bond donors (Lipinski definition) is 2. The van der Waals surface area contributed by atoms with Crippen LogP contribution in [0.5, 0.6) is 0 Å². The number of nitrogens with zero attached hydrogens (tertiary/aromatic N) is 1. The SMILES string of the molecule is CC(C)(C)OC(=O)NC1CCN(C(=O)c2cc3ccc(C(C)(C)C)cc3[nH]2)CC1. The zero-order valence-corrected chi connectivity index (χ0v) is 18.4. The van der Waals surface area contributed by atoms with E-state index in [0.29, 0.717) is 18.8 Å². The standard InChI is InChI=1S/C23H33N3O3/c1-22(2,3)16-8-7-15-13-19(25-18(15)14-16)20(27)26-11-9-17(10-12-26)24-21(28)29-23(4,5)6/h7-8,13-14,17,25H,9-12H2,1-6H3,(H,24,28). The topological polar surface area (TPSA) is 74.4 Å². The Balaban J connectivity index is 1.61. The minimum atomic E-state index is -0.511. The van der Waals surface area contributed by atoms with Crippen molar-refractivity contribution in [1.82, 2.24) is 15.2 Å². The predicted molar refractivity (Wildman–Crippen MR) is 115 cm³/mol. The molecule has 1 aromatic carbocycles. The number of nitrogens with one attached hydrogen (secondary N) is 2. The number of hydrogen-bond acceptors (Lipinski definition) is 3. The Kier molecular flexibility index (Phi) is 5.65. The maximum absolute atomic E-state index is 13.0. The van der Waals surface area contributed by atoms with Crippen LogP contribution in [-0.4, -0.2) is 46.6 Å². The third kappa shape index (κ3) is 5.31. The Bertz CT molecular complexity index is 894. The summed E-state index contributed by atoms with van der Waals surface area (Å²) in [6.45, 7) is 13.3. The number of likely N-dealkylation sites (tertiary alicyclic amines) is 1. The van der Waals surface area contributed by atoms with Crippen LogP contribution in [0.2, 0.25) is 0 Å². The highest BCUT2D eigenvalue weighted by molar-refractivity contribution is 5.98. The van der Waals surface area contributed by atoms with Crippen LogP contribution in [0.15, 0.2) is 24.3 Å². The number of piperidine rings is 1. The number of carbonyl (C=O) groups excluding carboxylic acids is 2. The molecule has 29 heavy (non-hydrogen) atoms. The number of benzene rings is 1. The lowest BCUT2D eigenvalue weighted by atomic mass is 9.87. The number of ether oxygens (including phenoxy) is 1. The fourth-order valence-corrected chi connectivity index (χ4v) is 3.58. The minimum absolute atomic E-state index is 0.00854. The first kappa shape index (κ1) is 21.2. The summed E-state index contributed by atoms with van der Waals surface area (Å²) >= 11 is 0. The molecule has 6 heteroatoms. The van der Waals surface area contributed by atoms with Crippen molar-refractivity contribution in [3.63, 3.8) is 0 Å². The summed E-state index contributed by atoms with van der Waals surface area (Å²) in [7, 11) is 0. The van der Waals surface area contributed by atoms with Gasteiger partial charge in [0.15, 0.2) is 0 Å². The largest absolute Gasteiger partial charge is 0.444 e. The van der Waals surface area contributed by atoms with Gasteiger partial charge in [-0.3, -0.25) is 4.79 Å². The van der Waals surface area contributed by atoms with Crippen molar-refractivity contribution in [2.24, 2.45) is 0 Å². The van der Waals surface area contributed by atoms with Gasteiger partial charge in [-0.2, -0.15) is 0 Å². The minimum Gasteiger partial charge on any atom is -0.444 e. The molecular weight excluding hydrogens is 366 g/mol. The Morgan fingerprint density at radius 2 is 1.72 bits per heavy atom.